The van der Waals surface area contributed by atoms with Crippen LogP contribution in [0.2, 0.25) is 0 Å². The van der Waals surface area contributed by atoms with E-state index in [0.717, 1.165) is 11.8 Å². The van der Waals surface area contributed by atoms with Crippen molar-refractivity contribution >= 4 is 23.7 Å². The van der Waals surface area contributed by atoms with Crippen LogP contribution in [0.25, 0.3) is 0 Å². The van der Waals surface area contributed by atoms with E-state index >= 15 is 0 Å². The summed E-state index contributed by atoms with van der Waals surface area (Å²) in [6.07, 6.45) is 1.25. The number of nitrogens with two attached hydrogens (primary N) is 1. The molecular formula is C17H19N5O4S. The molecule has 142 valence electrons. The standard InChI is InChI=1S/C17H19N5O4S/c1-3-8-22-14(13-9-25-11-6-4-5-7-12(11)26-13)20-21-17(22)27-10(2)15(23)19-16(18)24/h3-7,10,13H,1,8-9H2,2H3,(H3,18,19,23,24)/t10-,13-/m1/s1. The molecule has 0 aliphatic carbocycles. The predicted octanol–water partition coefficient (Wildman–Crippen LogP) is 1.65. The lowest BCUT2D eigenvalue weighted by molar-refractivity contribution is -0.119. The Balaban J connectivity index is 1.80. The molecule has 3 N–H and O–H groups in total. The van der Waals surface area contributed by atoms with Gasteiger partial charge < -0.3 is 15.2 Å². The topological polar surface area (TPSA) is 121 Å². The third kappa shape index (κ3) is 4.22. The van der Waals surface area contributed by atoms with E-state index in [-0.39, 0.29) is 6.61 Å². The van der Waals surface area contributed by atoms with Crippen LogP contribution in [0.3, 0.4) is 0 Å². The van der Waals surface area contributed by atoms with Gasteiger partial charge in [-0.05, 0) is 19.1 Å². The molecule has 2 heterocycles. The summed E-state index contributed by atoms with van der Waals surface area (Å²) < 4.78 is 13.5. The Hall–Kier alpha value is -3.01. The number of thioether (sulfide) groups is 1. The van der Waals surface area contributed by atoms with Gasteiger partial charge in [-0.2, -0.15) is 0 Å². The number of imide groups is 1. The molecule has 3 amide bonds. The van der Waals surface area contributed by atoms with Crippen LogP contribution in [-0.4, -0.2) is 38.6 Å². The number of allylic oxidation sites excluding steroid dienone is 1. The highest BCUT2D eigenvalue weighted by Crippen LogP contribution is 2.36. The van der Waals surface area contributed by atoms with Crippen LogP contribution < -0.4 is 20.5 Å². The summed E-state index contributed by atoms with van der Waals surface area (Å²) in [6.45, 7) is 6.11. The average Bonchev–Trinajstić information content (AvgIpc) is 3.03. The number of carbonyl (C=O) groups excluding carboxylic acids is 2. The smallest absolute Gasteiger partial charge is 0.318 e. The van der Waals surface area contributed by atoms with Gasteiger partial charge in [-0.25, -0.2) is 4.79 Å². The van der Waals surface area contributed by atoms with E-state index in [1.54, 1.807) is 17.6 Å². The lowest BCUT2D eigenvalue weighted by Gasteiger charge is -2.26. The first-order chi connectivity index (χ1) is 13.0. The first-order valence-electron chi connectivity index (χ1n) is 8.19. The van der Waals surface area contributed by atoms with Gasteiger partial charge in [0.2, 0.25) is 5.91 Å². The van der Waals surface area contributed by atoms with E-state index in [1.807, 2.05) is 24.3 Å². The maximum atomic E-state index is 11.9. The normalized spacial score (nSPS) is 16.4. The molecule has 1 aromatic heterocycles. The molecular weight excluding hydrogens is 370 g/mol. The molecule has 1 aliphatic heterocycles. The summed E-state index contributed by atoms with van der Waals surface area (Å²) in [5.74, 6) is 1.36. The first kappa shape index (κ1) is 18.8. The number of benzene rings is 1. The van der Waals surface area contributed by atoms with Gasteiger partial charge in [-0.3, -0.25) is 14.7 Å². The van der Waals surface area contributed by atoms with Crippen molar-refractivity contribution in [3.8, 4) is 11.5 Å². The van der Waals surface area contributed by atoms with Gasteiger partial charge in [0.05, 0.1) is 5.25 Å². The maximum Gasteiger partial charge on any atom is 0.318 e. The van der Waals surface area contributed by atoms with Crippen molar-refractivity contribution in [2.75, 3.05) is 6.61 Å². The number of ether oxygens (including phenoxy) is 2. The van der Waals surface area contributed by atoms with Gasteiger partial charge in [0.15, 0.2) is 28.6 Å². The quantitative estimate of drug-likeness (QED) is 0.569. The third-order valence-corrected chi connectivity index (χ3v) is 4.83. The van der Waals surface area contributed by atoms with Crippen LogP contribution in [0.4, 0.5) is 4.79 Å². The first-order valence-corrected chi connectivity index (χ1v) is 9.07. The van der Waals surface area contributed by atoms with E-state index in [9.17, 15) is 9.59 Å². The lowest BCUT2D eigenvalue weighted by Crippen LogP contribution is -2.39. The summed E-state index contributed by atoms with van der Waals surface area (Å²) in [6, 6.07) is 6.49. The van der Waals surface area contributed by atoms with E-state index in [0.29, 0.717) is 29.0 Å². The number of para-hydroxylation sites is 2. The van der Waals surface area contributed by atoms with Crippen LogP contribution in [0.1, 0.15) is 18.9 Å². The Bertz CT molecular complexity index is 869. The van der Waals surface area contributed by atoms with Crippen LogP contribution in [0.5, 0.6) is 11.5 Å². The van der Waals surface area contributed by atoms with Crippen molar-refractivity contribution in [3.63, 3.8) is 0 Å². The van der Waals surface area contributed by atoms with Crippen molar-refractivity contribution in [1.82, 2.24) is 20.1 Å². The minimum Gasteiger partial charge on any atom is -0.485 e. The SMILES string of the molecule is C=CCn1c(S[C@H](C)C(=O)NC(N)=O)nnc1[C@H]1COc2ccccc2O1. The molecule has 0 fully saturated rings. The molecule has 0 bridgehead atoms. The Labute approximate surface area is 159 Å². The Morgan fingerprint density at radius 2 is 2.19 bits per heavy atom. The molecule has 2 aromatic rings. The second-order valence-electron chi connectivity index (χ2n) is 5.72. The number of urea groups is 1. The second-order valence-corrected chi connectivity index (χ2v) is 7.03. The number of fused-ring (bicyclic) bond motifs is 1. The number of primary amides is 1. The van der Waals surface area contributed by atoms with Crippen molar-refractivity contribution in [3.05, 3.63) is 42.7 Å². The highest BCUT2D eigenvalue weighted by atomic mass is 32.2. The Kier molecular flexibility index (Phi) is 5.65. The minimum absolute atomic E-state index is 0.286. The summed E-state index contributed by atoms with van der Waals surface area (Å²) in [5.41, 5.74) is 4.99. The summed E-state index contributed by atoms with van der Waals surface area (Å²) in [7, 11) is 0. The fraction of sp³-hybridized carbons (Fsp3) is 0.294. The molecule has 0 radical (unpaired) electrons. The fourth-order valence-corrected chi connectivity index (χ4v) is 3.37. The molecule has 0 saturated heterocycles. The molecule has 27 heavy (non-hydrogen) atoms. The number of aromatic nitrogens is 3. The van der Waals surface area contributed by atoms with Crippen molar-refractivity contribution in [1.29, 1.82) is 0 Å². The lowest BCUT2D eigenvalue weighted by atomic mass is 10.2. The Morgan fingerprint density at radius 3 is 2.89 bits per heavy atom. The number of carbonyl (C=O) groups is 2. The maximum absolute atomic E-state index is 11.9. The number of hydrogen-bond acceptors (Lipinski definition) is 7. The summed E-state index contributed by atoms with van der Waals surface area (Å²) >= 11 is 1.16. The fourth-order valence-electron chi connectivity index (χ4n) is 2.51. The predicted molar refractivity (Wildman–Crippen MR) is 98.6 cm³/mol. The molecule has 10 heteroatoms. The average molecular weight is 389 g/mol. The number of nitrogens with zero attached hydrogens (tertiary/aromatic N) is 3. The summed E-state index contributed by atoms with van der Waals surface area (Å²) in [4.78, 5) is 22.8. The number of hydrogen-bond donors (Lipinski definition) is 2. The van der Waals surface area contributed by atoms with Gasteiger partial charge in [-0.1, -0.05) is 30.0 Å². The van der Waals surface area contributed by atoms with Gasteiger partial charge in [-0.15, -0.1) is 16.8 Å². The zero-order valence-electron chi connectivity index (χ0n) is 14.6. The third-order valence-electron chi connectivity index (χ3n) is 3.75. The van der Waals surface area contributed by atoms with Gasteiger partial charge >= 0.3 is 6.03 Å². The van der Waals surface area contributed by atoms with Gasteiger partial charge in [0.1, 0.15) is 6.61 Å². The monoisotopic (exact) mass is 389 g/mol. The van der Waals surface area contributed by atoms with E-state index in [2.05, 4.69) is 22.1 Å². The van der Waals surface area contributed by atoms with Crippen molar-refractivity contribution in [2.24, 2.45) is 5.73 Å². The highest BCUT2D eigenvalue weighted by molar-refractivity contribution is 8.00. The zero-order valence-corrected chi connectivity index (χ0v) is 15.4. The van der Waals surface area contributed by atoms with Crippen molar-refractivity contribution < 1.29 is 19.1 Å². The molecule has 3 rings (SSSR count). The van der Waals surface area contributed by atoms with Crippen LogP contribution in [-0.2, 0) is 11.3 Å². The highest BCUT2D eigenvalue weighted by Gasteiger charge is 2.29. The number of nitrogens with one attached hydrogen (secondary N) is 1. The molecule has 0 unspecified atom stereocenters. The van der Waals surface area contributed by atoms with Crippen LogP contribution in [0, 0.1) is 0 Å². The minimum atomic E-state index is -0.896. The molecule has 1 aromatic carbocycles. The number of amides is 3. The van der Waals surface area contributed by atoms with E-state index in [1.165, 1.54) is 0 Å². The van der Waals surface area contributed by atoms with Crippen LogP contribution >= 0.6 is 11.8 Å². The molecule has 0 spiro atoms. The summed E-state index contributed by atoms with van der Waals surface area (Å²) in [5, 5.41) is 10.3. The Morgan fingerprint density at radius 1 is 1.44 bits per heavy atom. The zero-order chi connectivity index (χ0) is 19.4. The second kappa shape index (κ2) is 8.12. The largest absolute Gasteiger partial charge is 0.485 e. The van der Waals surface area contributed by atoms with E-state index < -0.39 is 23.3 Å². The van der Waals surface area contributed by atoms with Crippen molar-refractivity contribution in [2.45, 2.75) is 30.0 Å². The van der Waals surface area contributed by atoms with E-state index in [4.69, 9.17) is 15.2 Å². The molecule has 2 atom stereocenters. The van der Waals surface area contributed by atoms with Gasteiger partial charge in [0, 0.05) is 6.54 Å². The number of rotatable bonds is 6. The van der Waals surface area contributed by atoms with Gasteiger partial charge in [0.25, 0.3) is 0 Å². The van der Waals surface area contributed by atoms with Crippen LogP contribution in [0.15, 0.2) is 42.1 Å². The molecule has 9 nitrogen and oxygen atoms in total. The molecule has 1 aliphatic rings. The molecule has 0 saturated carbocycles.